The van der Waals surface area contributed by atoms with E-state index in [0.717, 1.165) is 0 Å². The average Bonchev–Trinajstić information content (AvgIpc) is 3.70. The Hall–Kier alpha value is -5.73. The van der Waals surface area contributed by atoms with Gasteiger partial charge in [-0.2, -0.15) is 0 Å². The Bertz CT molecular complexity index is 3090. The van der Waals surface area contributed by atoms with E-state index in [1.54, 1.807) is 0 Å². The van der Waals surface area contributed by atoms with E-state index in [1.807, 2.05) is 0 Å². The van der Waals surface area contributed by atoms with Crippen LogP contribution in [0.2, 0.25) is 0 Å². The van der Waals surface area contributed by atoms with Crippen LogP contribution in [0.3, 0.4) is 0 Å². The maximum atomic E-state index is 2.68. The maximum absolute atomic E-state index is 2.68. The molecule has 60 heavy (non-hydrogen) atoms. The van der Waals surface area contributed by atoms with Gasteiger partial charge >= 0.3 is 0 Å². The average molecular weight is 777 g/mol. The Kier molecular flexibility index (Phi) is 7.71. The SMILES string of the molecule is Cc1cc(C)c(B2c3ccccc3-n3c4ccc(C(C)(C)C)cc4c4c5c6c(c2c43)c2cc(C(C)(C)C)ccc2n6-c2ccccc2B5c2c(C)cc(C)cc2C)c(C)c1. The molecule has 0 saturated carbocycles. The van der Waals surface area contributed by atoms with Gasteiger partial charge in [-0.05, 0) is 122 Å². The Balaban J connectivity index is 1.50. The summed E-state index contributed by atoms with van der Waals surface area (Å²) in [6.07, 6.45) is 0. The van der Waals surface area contributed by atoms with Crippen LogP contribution in [-0.4, -0.2) is 22.6 Å². The molecule has 7 aromatic carbocycles. The molecule has 0 radical (unpaired) electrons. The fraction of sp³-hybridized carbons (Fsp3) is 0.250. The molecule has 9 aromatic rings. The molecule has 4 heterocycles. The molecule has 2 nitrogen and oxygen atoms in total. The molecule has 2 aliphatic heterocycles. The van der Waals surface area contributed by atoms with Gasteiger partial charge in [-0.1, -0.05) is 159 Å². The zero-order chi connectivity index (χ0) is 41.9. The van der Waals surface area contributed by atoms with Crippen molar-refractivity contribution in [2.24, 2.45) is 0 Å². The van der Waals surface area contributed by atoms with Crippen LogP contribution in [0, 0.1) is 41.5 Å². The van der Waals surface area contributed by atoms with Crippen LogP contribution < -0.4 is 32.8 Å². The number of para-hydroxylation sites is 2. The summed E-state index contributed by atoms with van der Waals surface area (Å²) < 4.78 is 5.35. The first kappa shape index (κ1) is 37.3. The summed E-state index contributed by atoms with van der Waals surface area (Å²) in [4.78, 5) is 0. The number of aromatic nitrogens is 2. The molecule has 2 aliphatic rings. The lowest BCUT2D eigenvalue weighted by atomic mass is 9.31. The van der Waals surface area contributed by atoms with Crippen molar-refractivity contribution in [3.8, 4) is 11.4 Å². The second-order valence-electron chi connectivity index (χ2n) is 20.5. The van der Waals surface area contributed by atoms with E-state index in [-0.39, 0.29) is 24.3 Å². The van der Waals surface area contributed by atoms with Gasteiger partial charge in [0.05, 0.1) is 11.0 Å². The van der Waals surface area contributed by atoms with Crippen LogP contribution in [0.15, 0.2) is 109 Å². The molecule has 0 amide bonds. The zero-order valence-corrected chi connectivity index (χ0v) is 37.4. The number of fused-ring (bicyclic) bond motifs is 12. The van der Waals surface area contributed by atoms with Crippen molar-refractivity contribution in [2.75, 3.05) is 0 Å². The lowest BCUT2D eigenvalue weighted by Crippen LogP contribution is -2.60. The van der Waals surface area contributed by atoms with Gasteiger partial charge in [0, 0.05) is 44.0 Å². The highest BCUT2D eigenvalue weighted by molar-refractivity contribution is 7.03. The highest BCUT2D eigenvalue weighted by atomic mass is 15.0. The maximum Gasteiger partial charge on any atom is 0.248 e. The largest absolute Gasteiger partial charge is 0.310 e. The first-order valence-electron chi connectivity index (χ1n) is 22.0. The van der Waals surface area contributed by atoms with Crippen molar-refractivity contribution in [3.63, 3.8) is 0 Å². The molecular formula is C56H54B2N2. The lowest BCUT2D eigenvalue weighted by Gasteiger charge is -2.33. The molecule has 4 heteroatoms. The smallest absolute Gasteiger partial charge is 0.248 e. The van der Waals surface area contributed by atoms with E-state index in [0.29, 0.717) is 0 Å². The predicted octanol–water partition coefficient (Wildman–Crippen LogP) is 9.99. The van der Waals surface area contributed by atoms with Crippen molar-refractivity contribution in [1.82, 2.24) is 9.13 Å². The second-order valence-corrected chi connectivity index (χ2v) is 20.5. The molecule has 2 aromatic heterocycles. The Labute approximate surface area is 356 Å². The predicted molar refractivity (Wildman–Crippen MR) is 263 cm³/mol. The van der Waals surface area contributed by atoms with Gasteiger partial charge in [0.25, 0.3) is 0 Å². The lowest BCUT2D eigenvalue weighted by molar-refractivity contribution is 0.591. The fourth-order valence-corrected chi connectivity index (χ4v) is 11.9. The van der Waals surface area contributed by atoms with Gasteiger partial charge in [0.15, 0.2) is 0 Å². The van der Waals surface area contributed by atoms with Gasteiger partial charge in [-0.15, -0.1) is 0 Å². The zero-order valence-electron chi connectivity index (χ0n) is 37.4. The third kappa shape index (κ3) is 4.97. The number of rotatable bonds is 2. The molecule has 0 unspecified atom stereocenters. The van der Waals surface area contributed by atoms with Crippen molar-refractivity contribution >= 4 is 89.8 Å². The monoisotopic (exact) mass is 776 g/mol. The number of benzene rings is 7. The fourth-order valence-electron chi connectivity index (χ4n) is 11.9. The molecule has 0 bridgehead atoms. The van der Waals surface area contributed by atoms with Crippen molar-refractivity contribution in [3.05, 3.63) is 154 Å². The molecule has 0 N–H and O–H groups in total. The molecule has 0 spiro atoms. The third-order valence-electron chi connectivity index (χ3n) is 14.3. The van der Waals surface area contributed by atoms with E-state index in [1.165, 1.54) is 132 Å². The Morgan fingerprint density at radius 3 is 1.10 bits per heavy atom. The summed E-state index contributed by atoms with van der Waals surface area (Å²) in [5, 5.41) is 5.50. The third-order valence-corrected chi connectivity index (χ3v) is 14.3. The topological polar surface area (TPSA) is 9.86 Å². The summed E-state index contributed by atoms with van der Waals surface area (Å²) in [5.41, 5.74) is 27.2. The Morgan fingerprint density at radius 2 is 0.750 bits per heavy atom. The van der Waals surface area contributed by atoms with Gasteiger partial charge < -0.3 is 9.13 Å². The van der Waals surface area contributed by atoms with E-state index < -0.39 is 0 Å². The van der Waals surface area contributed by atoms with E-state index in [4.69, 9.17) is 0 Å². The van der Waals surface area contributed by atoms with E-state index in [9.17, 15) is 0 Å². The summed E-state index contributed by atoms with van der Waals surface area (Å²) in [5.74, 6) is 0. The first-order chi connectivity index (χ1) is 28.5. The summed E-state index contributed by atoms with van der Waals surface area (Å²) in [7, 11) is 0. The van der Waals surface area contributed by atoms with E-state index in [2.05, 4.69) is 201 Å². The minimum Gasteiger partial charge on any atom is -0.310 e. The van der Waals surface area contributed by atoms with Crippen LogP contribution in [-0.2, 0) is 10.8 Å². The molecular weight excluding hydrogens is 722 g/mol. The second kappa shape index (κ2) is 12.4. The van der Waals surface area contributed by atoms with Gasteiger partial charge in [-0.25, -0.2) is 0 Å². The van der Waals surface area contributed by atoms with Crippen molar-refractivity contribution in [2.45, 2.75) is 93.9 Å². The van der Waals surface area contributed by atoms with Crippen LogP contribution in [0.25, 0.3) is 55.0 Å². The minimum atomic E-state index is -0.0160. The van der Waals surface area contributed by atoms with Crippen LogP contribution in [0.1, 0.15) is 86.1 Å². The molecule has 0 atom stereocenters. The standard InChI is InChI=1S/C56H54B2N2/c1-31-25-33(3)49(34(4)26-31)57-41-17-13-15-19-45(41)59-44-24-22-38(56(10,11)12)30-40(44)48-52-54-47(51(57)53(48)59)39-29-37(55(7,8)9)21-23-43(39)60(54)46-20-16-14-18-42(46)58(52)50-35(5)27-32(2)28-36(50)6/h13-30H,1-12H3. The number of hydrogen-bond donors (Lipinski definition) is 0. The van der Waals surface area contributed by atoms with Crippen LogP contribution in [0.4, 0.5) is 0 Å². The summed E-state index contributed by atoms with van der Waals surface area (Å²) in [6.45, 7) is 28.1. The summed E-state index contributed by atoms with van der Waals surface area (Å²) >= 11 is 0. The van der Waals surface area contributed by atoms with Gasteiger partial charge in [0.2, 0.25) is 13.4 Å². The Morgan fingerprint density at radius 1 is 0.400 bits per heavy atom. The molecule has 0 fully saturated rings. The number of nitrogens with zero attached hydrogens (tertiary/aromatic N) is 2. The van der Waals surface area contributed by atoms with Gasteiger partial charge in [-0.3, -0.25) is 0 Å². The minimum absolute atomic E-state index is 0.0160. The normalized spacial score (nSPS) is 13.6. The van der Waals surface area contributed by atoms with E-state index >= 15 is 0 Å². The molecule has 294 valence electrons. The van der Waals surface area contributed by atoms with Crippen LogP contribution >= 0.6 is 0 Å². The first-order valence-corrected chi connectivity index (χ1v) is 22.0. The highest BCUT2D eigenvalue weighted by Gasteiger charge is 2.44. The van der Waals surface area contributed by atoms with Gasteiger partial charge in [0.1, 0.15) is 0 Å². The quantitative estimate of drug-likeness (QED) is 0.155. The summed E-state index contributed by atoms with van der Waals surface area (Å²) in [6, 6.07) is 43.1. The van der Waals surface area contributed by atoms with Crippen molar-refractivity contribution < 1.29 is 0 Å². The number of hydrogen-bond acceptors (Lipinski definition) is 0. The highest BCUT2D eigenvalue weighted by Crippen LogP contribution is 2.43. The number of aryl methyl sites for hydroxylation is 6. The molecule has 11 rings (SSSR count). The molecule has 0 aliphatic carbocycles. The van der Waals surface area contributed by atoms with Crippen molar-refractivity contribution in [1.29, 1.82) is 0 Å². The molecule has 0 saturated heterocycles. The van der Waals surface area contributed by atoms with Crippen LogP contribution in [0.5, 0.6) is 0 Å².